The molecule has 3 aliphatic rings. The van der Waals surface area contributed by atoms with Crippen molar-refractivity contribution in [2.24, 2.45) is 5.92 Å². The van der Waals surface area contributed by atoms with Gasteiger partial charge in [-0.3, -0.25) is 24.0 Å². The number of carbonyl (C=O) groups excluding carboxylic acids is 3. The number of anilines is 1. The molecule has 10 N–H and O–H groups in total. The number of nitrogens with one attached hydrogen (secondary N) is 3. The molecule has 7 rings (SSSR count). The van der Waals surface area contributed by atoms with Crippen LogP contribution >= 0.6 is 7.82 Å². The third kappa shape index (κ3) is 14.0. The van der Waals surface area contributed by atoms with Gasteiger partial charge in [0.15, 0.2) is 17.3 Å². The SMILES string of the molecule is COC(=O)[C@@H]1C(c2ccccc2)[C@]2(c3ccc(OC)cc3)Oc3cc(OCCCCNC(=O)OCc4ccc(OC5O[C@H](C(=O)O)[C@@H](O)[C@H](O)[C@H]5O)c(NC(=O)CCNCOP(=O)(O)OCC[N+](C)(C)C)c4)cc(OC)c3[C@]2(O)[C@@H]1O. The number of aliphatic carboxylic acids is 1. The van der Waals surface area contributed by atoms with Crippen molar-refractivity contribution in [2.45, 2.75) is 79.8 Å². The maximum Gasteiger partial charge on any atom is 0.473 e. The van der Waals surface area contributed by atoms with Crippen molar-refractivity contribution >= 4 is 37.4 Å². The fourth-order valence-corrected chi connectivity index (χ4v) is 10.5. The highest BCUT2D eigenvalue weighted by atomic mass is 31.2. The van der Waals surface area contributed by atoms with Gasteiger partial charge in [-0.2, -0.15) is 0 Å². The number of methoxy groups -OCH3 is 3. The number of nitrogens with zero attached hydrogens (tertiary/aromatic N) is 1. The van der Waals surface area contributed by atoms with E-state index in [1.54, 1.807) is 66.7 Å². The second kappa shape index (κ2) is 26.5. The van der Waals surface area contributed by atoms with Crippen LogP contribution in [0, 0.1) is 5.92 Å². The fourth-order valence-electron chi connectivity index (χ4n) is 9.90. The second-order valence-electron chi connectivity index (χ2n) is 20.3. The van der Waals surface area contributed by atoms with Crippen molar-refractivity contribution in [3.05, 3.63) is 107 Å². The summed E-state index contributed by atoms with van der Waals surface area (Å²) in [7, 11) is 5.36. The number of aliphatic hydroxyl groups excluding tert-OH is 4. The molecule has 11 atom stereocenters. The van der Waals surface area contributed by atoms with E-state index < -0.39 is 98.3 Å². The van der Waals surface area contributed by atoms with Gasteiger partial charge in [-0.05, 0) is 53.8 Å². The lowest BCUT2D eigenvalue weighted by molar-refractivity contribution is -0.870. The van der Waals surface area contributed by atoms with Crippen LogP contribution in [0.4, 0.5) is 10.5 Å². The van der Waals surface area contributed by atoms with Gasteiger partial charge in [0.25, 0.3) is 0 Å². The molecule has 0 aromatic heterocycles. The smallest absolute Gasteiger partial charge is 0.473 e. The third-order valence-electron chi connectivity index (χ3n) is 13.9. The van der Waals surface area contributed by atoms with Crippen molar-refractivity contribution in [3.8, 4) is 28.7 Å². The van der Waals surface area contributed by atoms with Gasteiger partial charge in [-0.25, -0.2) is 14.2 Å². The molecular weight excluding hydrogens is 1090 g/mol. The van der Waals surface area contributed by atoms with Crippen molar-refractivity contribution in [3.63, 3.8) is 0 Å². The van der Waals surface area contributed by atoms with E-state index in [4.69, 9.17) is 46.9 Å². The van der Waals surface area contributed by atoms with Crippen LogP contribution < -0.4 is 39.6 Å². The predicted octanol–water partition coefficient (Wildman–Crippen LogP) is 2.20. The number of amides is 2. The summed E-state index contributed by atoms with van der Waals surface area (Å²) >= 11 is 0. The molecule has 4 aromatic carbocycles. The monoisotopic (exact) mass is 1160 g/mol. The number of rotatable bonds is 27. The first kappa shape index (κ1) is 62.0. The van der Waals surface area contributed by atoms with Crippen molar-refractivity contribution in [1.29, 1.82) is 0 Å². The van der Waals surface area contributed by atoms with Gasteiger partial charge in [0.05, 0.1) is 66.2 Å². The van der Waals surface area contributed by atoms with E-state index in [9.17, 15) is 59.3 Å². The van der Waals surface area contributed by atoms with Crippen LogP contribution in [-0.4, -0.2) is 183 Å². The molecule has 0 bridgehead atoms. The van der Waals surface area contributed by atoms with Crippen LogP contribution in [0.3, 0.4) is 0 Å². The molecule has 442 valence electrons. The lowest BCUT2D eigenvalue weighted by Gasteiger charge is -2.40. The Hall–Kier alpha value is -6.65. The van der Waals surface area contributed by atoms with Crippen LogP contribution in [0.15, 0.2) is 84.9 Å². The number of carbonyl (C=O) groups is 4. The zero-order chi connectivity index (χ0) is 58.9. The maximum atomic E-state index is 13.6. The van der Waals surface area contributed by atoms with E-state index in [1.807, 2.05) is 21.1 Å². The average Bonchev–Trinajstić information content (AvgIpc) is 4.05. The number of benzene rings is 4. The second-order valence-corrected chi connectivity index (χ2v) is 21.8. The Labute approximate surface area is 466 Å². The minimum atomic E-state index is -4.39. The first-order valence-corrected chi connectivity index (χ1v) is 27.3. The molecule has 0 radical (unpaired) electrons. The number of ether oxygens (including phenoxy) is 8. The average molecular weight is 1160 g/mol. The van der Waals surface area contributed by atoms with E-state index in [-0.39, 0.29) is 67.8 Å². The number of fused-ring (bicyclic) bond motifs is 3. The fraction of sp³-hybridized carbons (Fsp3) is 0.481. The van der Waals surface area contributed by atoms with Crippen LogP contribution in [-0.2, 0) is 60.0 Å². The highest BCUT2D eigenvalue weighted by Gasteiger charge is 2.78. The van der Waals surface area contributed by atoms with Gasteiger partial charge in [0.1, 0.15) is 79.7 Å². The number of quaternary nitrogens is 1. The third-order valence-corrected chi connectivity index (χ3v) is 14.9. The van der Waals surface area contributed by atoms with E-state index in [2.05, 4.69) is 16.0 Å². The molecule has 2 heterocycles. The lowest BCUT2D eigenvalue weighted by atomic mass is 9.70. The van der Waals surface area contributed by atoms with E-state index in [0.29, 0.717) is 52.1 Å². The number of hydrogen-bond donors (Lipinski definition) is 10. The largest absolute Gasteiger partial charge is 0.497 e. The van der Waals surface area contributed by atoms with E-state index in [0.717, 1.165) is 0 Å². The van der Waals surface area contributed by atoms with Crippen molar-refractivity contribution in [2.75, 3.05) is 87.4 Å². The van der Waals surface area contributed by atoms with Gasteiger partial charge in [-0.15, -0.1) is 0 Å². The Kier molecular flexibility index (Phi) is 20.3. The van der Waals surface area contributed by atoms with Crippen LogP contribution in [0.5, 0.6) is 28.7 Å². The number of carboxylic acid groups (broad SMARTS) is 1. The number of phosphoric acid groups is 1. The standard InChI is InChI=1S/C54H69N4O22P/c1-58(2,3)23-25-76-81(69,70)77-30-55-22-20-40(59)57-36-26-31(14-19-37(36)78-51-46(62)44(60)45(61)47(79-51)49(64)65)29-75-52(67)56-21-10-11-24-74-35-27-38(72-5)43-39(28-35)80-54(33-15-17-34(71-4)18-16-33)42(32-12-8-7-9-13-32)41(50(66)73-6)48(63)53(43,54)68/h7-9,12-19,26-28,41-42,44-48,51,55,60-63,68H,10-11,20-25,29-30H2,1-6H3,(H3-,56,57,59,64,65,67,69,70)/p+1/t41-,42?,44+,45+,46-,47+,48-,51?,53+,54+/m1/s1. The zero-order valence-electron chi connectivity index (χ0n) is 45.4. The lowest BCUT2D eigenvalue weighted by Crippen LogP contribution is -2.61. The van der Waals surface area contributed by atoms with Crippen LogP contribution in [0.25, 0.3) is 0 Å². The summed E-state index contributed by atoms with van der Waals surface area (Å²) in [6, 6.07) is 23.0. The highest BCUT2D eigenvalue weighted by Crippen LogP contribution is 2.70. The topological polar surface area (TPSA) is 355 Å². The number of esters is 1. The summed E-state index contributed by atoms with van der Waals surface area (Å²) < 4.78 is 68.5. The normalized spacial score (nSPS) is 25.5. The summed E-state index contributed by atoms with van der Waals surface area (Å²) in [5.41, 5.74) is -2.67. The van der Waals surface area contributed by atoms with Gasteiger partial charge in [0, 0.05) is 37.6 Å². The molecule has 2 fully saturated rings. The minimum absolute atomic E-state index is 0.0415. The Morgan fingerprint density at radius 3 is 2.20 bits per heavy atom. The molecule has 4 aromatic rings. The summed E-state index contributed by atoms with van der Waals surface area (Å²) in [4.78, 5) is 61.3. The number of likely N-dealkylation sites (N-methyl/N-ethyl adjacent to an activating group) is 1. The first-order chi connectivity index (χ1) is 38.5. The molecule has 2 aliphatic heterocycles. The quantitative estimate of drug-likeness (QED) is 0.0134. The van der Waals surface area contributed by atoms with Crippen LogP contribution in [0.2, 0.25) is 0 Å². The molecule has 1 aliphatic carbocycles. The Morgan fingerprint density at radius 1 is 0.802 bits per heavy atom. The number of unbranched alkanes of at least 4 members (excludes halogenated alkanes) is 1. The van der Waals surface area contributed by atoms with Gasteiger partial charge in [-0.1, -0.05) is 48.5 Å². The zero-order valence-corrected chi connectivity index (χ0v) is 46.3. The summed E-state index contributed by atoms with van der Waals surface area (Å²) in [6.45, 7) is -0.116. The molecule has 1 saturated heterocycles. The number of phosphoric ester groups is 1. The molecular formula is C54H70N4O22P+. The Morgan fingerprint density at radius 2 is 1.53 bits per heavy atom. The number of carboxylic acids is 1. The van der Waals surface area contributed by atoms with Crippen LogP contribution in [0.1, 0.15) is 47.4 Å². The number of alkyl carbamates (subject to hydrolysis) is 1. The maximum absolute atomic E-state index is 13.6. The van der Waals surface area contributed by atoms with E-state index >= 15 is 0 Å². The Balaban J connectivity index is 0.960. The molecule has 3 unspecified atom stereocenters. The minimum Gasteiger partial charge on any atom is -0.497 e. The van der Waals surface area contributed by atoms with E-state index in [1.165, 1.54) is 39.5 Å². The molecule has 0 spiro atoms. The summed E-state index contributed by atoms with van der Waals surface area (Å²) in [6.07, 6.45) is -11.6. The van der Waals surface area contributed by atoms with Gasteiger partial charge in [0.2, 0.25) is 12.2 Å². The Bertz CT molecular complexity index is 2880. The number of aliphatic hydroxyl groups is 5. The highest BCUT2D eigenvalue weighted by molar-refractivity contribution is 7.47. The molecule has 81 heavy (non-hydrogen) atoms. The predicted molar refractivity (Wildman–Crippen MR) is 283 cm³/mol. The summed E-state index contributed by atoms with van der Waals surface area (Å²) in [5.74, 6) is -4.39. The van der Waals surface area contributed by atoms with Gasteiger partial charge >= 0.3 is 25.9 Å². The molecule has 1 saturated carbocycles. The van der Waals surface area contributed by atoms with Crippen molar-refractivity contribution < 1.29 is 111 Å². The number of hydrogen-bond acceptors (Lipinski definition) is 21. The molecule has 27 heteroatoms. The molecule has 2 amide bonds. The summed E-state index contributed by atoms with van der Waals surface area (Å²) in [5, 5.41) is 74.0. The van der Waals surface area contributed by atoms with Gasteiger partial charge < -0.3 is 88.5 Å². The molecule has 26 nitrogen and oxygen atoms in total. The first-order valence-electron chi connectivity index (χ1n) is 25.8. The van der Waals surface area contributed by atoms with Crippen molar-refractivity contribution in [1.82, 2.24) is 10.6 Å².